The number of ether oxygens (including phenoxy) is 1. The average Bonchev–Trinajstić information content (AvgIpc) is 2.68. The Kier molecular flexibility index (Phi) is 6.21. The molecule has 0 radical (unpaired) electrons. The van der Waals surface area contributed by atoms with Crippen LogP contribution in [-0.4, -0.2) is 40.0 Å². The molecule has 158 valence electrons. The number of benzene rings is 2. The van der Waals surface area contributed by atoms with Gasteiger partial charge in [-0.2, -0.15) is 4.31 Å². The zero-order valence-corrected chi connectivity index (χ0v) is 18.4. The molecule has 7 nitrogen and oxygen atoms in total. The number of sulfonamides is 2. The highest BCUT2D eigenvalue weighted by Gasteiger charge is 2.26. The molecule has 0 aliphatic carbocycles. The van der Waals surface area contributed by atoms with Crippen LogP contribution in [0, 0.1) is 6.92 Å². The van der Waals surface area contributed by atoms with E-state index in [1.807, 2.05) is 13.0 Å². The fraction of sp³-hybridized carbons (Fsp3) is 0.400. The van der Waals surface area contributed by atoms with Gasteiger partial charge in [-0.25, -0.2) is 16.8 Å². The Hall–Kier alpha value is -2.10. The summed E-state index contributed by atoms with van der Waals surface area (Å²) >= 11 is 0. The van der Waals surface area contributed by atoms with Crippen LogP contribution in [0.2, 0.25) is 0 Å². The smallest absolute Gasteiger partial charge is 0.265 e. The lowest BCUT2D eigenvalue weighted by atomic mass is 10.0. The second kappa shape index (κ2) is 8.33. The van der Waals surface area contributed by atoms with E-state index in [4.69, 9.17) is 4.74 Å². The van der Waals surface area contributed by atoms with E-state index in [2.05, 4.69) is 4.72 Å². The van der Waals surface area contributed by atoms with Gasteiger partial charge >= 0.3 is 0 Å². The van der Waals surface area contributed by atoms with Crippen molar-refractivity contribution in [2.45, 2.75) is 38.6 Å². The van der Waals surface area contributed by atoms with Gasteiger partial charge < -0.3 is 4.74 Å². The van der Waals surface area contributed by atoms with Gasteiger partial charge in [-0.3, -0.25) is 4.72 Å². The number of rotatable bonds is 7. The first-order valence-electron chi connectivity index (χ1n) is 9.52. The molecular weight excluding hydrogens is 412 g/mol. The van der Waals surface area contributed by atoms with Crippen LogP contribution >= 0.6 is 0 Å². The lowest BCUT2D eigenvalue weighted by molar-refractivity contribution is 0.331. The van der Waals surface area contributed by atoms with E-state index in [-0.39, 0.29) is 17.2 Å². The van der Waals surface area contributed by atoms with Crippen LogP contribution in [0.3, 0.4) is 0 Å². The zero-order valence-electron chi connectivity index (χ0n) is 16.8. The van der Waals surface area contributed by atoms with Gasteiger partial charge in [-0.15, -0.1) is 0 Å². The minimum Gasteiger partial charge on any atom is -0.492 e. The van der Waals surface area contributed by atoms with Crippen molar-refractivity contribution < 1.29 is 21.6 Å². The fourth-order valence-corrected chi connectivity index (χ4v) is 5.68. The highest BCUT2D eigenvalue weighted by Crippen LogP contribution is 2.29. The molecule has 29 heavy (non-hydrogen) atoms. The van der Waals surface area contributed by atoms with Crippen LogP contribution in [0.4, 0.5) is 5.69 Å². The van der Waals surface area contributed by atoms with Gasteiger partial charge in [0.05, 0.1) is 12.4 Å². The van der Waals surface area contributed by atoms with Crippen LogP contribution in [-0.2, 0) is 33.0 Å². The predicted molar refractivity (Wildman–Crippen MR) is 113 cm³/mol. The number of anilines is 1. The van der Waals surface area contributed by atoms with Crippen LogP contribution in [0.5, 0.6) is 5.75 Å². The second-order valence-corrected chi connectivity index (χ2v) is 10.9. The molecule has 1 aliphatic rings. The van der Waals surface area contributed by atoms with Crippen molar-refractivity contribution in [2.24, 2.45) is 0 Å². The zero-order chi connectivity index (χ0) is 21.2. The Morgan fingerprint density at radius 2 is 1.79 bits per heavy atom. The summed E-state index contributed by atoms with van der Waals surface area (Å²) in [6, 6.07) is 10.3. The summed E-state index contributed by atoms with van der Waals surface area (Å²) in [6.45, 7) is 6.27. The van der Waals surface area contributed by atoms with Gasteiger partial charge in [0, 0.05) is 18.8 Å². The van der Waals surface area contributed by atoms with E-state index >= 15 is 0 Å². The SMILES string of the molecule is CCOc1ccc(C)cc1S(=O)(=O)Nc1ccc2c(c1)CN(S(=O)(=O)CC)CC2. The highest BCUT2D eigenvalue weighted by molar-refractivity contribution is 7.92. The van der Waals surface area contributed by atoms with E-state index in [9.17, 15) is 16.8 Å². The quantitative estimate of drug-likeness (QED) is 0.718. The van der Waals surface area contributed by atoms with Crippen molar-refractivity contribution in [1.29, 1.82) is 0 Å². The molecule has 1 aliphatic heterocycles. The highest BCUT2D eigenvalue weighted by atomic mass is 32.2. The molecule has 0 unspecified atom stereocenters. The topological polar surface area (TPSA) is 92.8 Å². The maximum absolute atomic E-state index is 13.0. The molecule has 0 bridgehead atoms. The average molecular weight is 439 g/mol. The number of fused-ring (bicyclic) bond motifs is 1. The molecule has 3 rings (SSSR count). The summed E-state index contributed by atoms with van der Waals surface area (Å²) in [5.74, 6) is 0.339. The Bertz CT molecular complexity index is 1110. The number of aryl methyl sites for hydroxylation is 1. The fourth-order valence-electron chi connectivity index (χ4n) is 3.32. The summed E-state index contributed by atoms with van der Waals surface area (Å²) in [4.78, 5) is 0.0762. The minimum absolute atomic E-state index is 0.0439. The Morgan fingerprint density at radius 1 is 1.03 bits per heavy atom. The first kappa shape index (κ1) is 21.6. The molecule has 1 heterocycles. The van der Waals surface area contributed by atoms with Crippen molar-refractivity contribution in [1.82, 2.24) is 4.31 Å². The molecule has 0 fully saturated rings. The Balaban J connectivity index is 1.90. The van der Waals surface area contributed by atoms with Gasteiger partial charge in [0.1, 0.15) is 10.6 Å². The van der Waals surface area contributed by atoms with E-state index in [1.54, 1.807) is 44.2 Å². The molecule has 0 aromatic heterocycles. The largest absolute Gasteiger partial charge is 0.492 e. The minimum atomic E-state index is -3.87. The van der Waals surface area contributed by atoms with Crippen molar-refractivity contribution in [3.8, 4) is 5.75 Å². The standard InChI is InChI=1S/C20H26N2O5S2/c1-4-27-19-9-6-15(3)12-20(19)29(25,26)21-18-8-7-16-10-11-22(14-17(16)13-18)28(23,24)5-2/h6-9,12-13,21H,4-5,10-11,14H2,1-3H3. The van der Waals surface area contributed by atoms with E-state index in [0.29, 0.717) is 31.0 Å². The van der Waals surface area contributed by atoms with Crippen molar-refractivity contribution >= 4 is 25.7 Å². The lowest BCUT2D eigenvalue weighted by Crippen LogP contribution is -2.36. The van der Waals surface area contributed by atoms with Crippen LogP contribution in [0.1, 0.15) is 30.5 Å². The van der Waals surface area contributed by atoms with Gasteiger partial charge in [0.25, 0.3) is 10.0 Å². The monoisotopic (exact) mass is 438 g/mol. The van der Waals surface area contributed by atoms with Crippen LogP contribution in [0.15, 0.2) is 41.3 Å². The van der Waals surface area contributed by atoms with Crippen LogP contribution < -0.4 is 9.46 Å². The Morgan fingerprint density at radius 3 is 2.48 bits per heavy atom. The molecule has 0 saturated carbocycles. The predicted octanol–water partition coefficient (Wildman–Crippen LogP) is 2.90. The van der Waals surface area contributed by atoms with Gasteiger partial charge in [-0.1, -0.05) is 12.1 Å². The Labute approximate surface area is 172 Å². The molecule has 0 saturated heterocycles. The molecule has 2 aromatic carbocycles. The molecular formula is C20H26N2O5S2. The second-order valence-electron chi connectivity index (χ2n) is 6.96. The maximum Gasteiger partial charge on any atom is 0.265 e. The summed E-state index contributed by atoms with van der Waals surface area (Å²) < 4.78 is 59.9. The van der Waals surface area contributed by atoms with Crippen molar-refractivity contribution in [3.05, 3.63) is 53.1 Å². The first-order chi connectivity index (χ1) is 13.7. The summed E-state index contributed by atoms with van der Waals surface area (Å²) in [5.41, 5.74) is 3.03. The lowest BCUT2D eigenvalue weighted by Gasteiger charge is -2.28. The molecule has 0 amide bonds. The number of hydrogen-bond acceptors (Lipinski definition) is 5. The summed E-state index contributed by atoms with van der Waals surface area (Å²) in [7, 11) is -7.16. The molecule has 2 aromatic rings. The van der Waals surface area contributed by atoms with E-state index < -0.39 is 20.0 Å². The third kappa shape index (κ3) is 4.73. The number of hydrogen-bond donors (Lipinski definition) is 1. The van der Waals surface area contributed by atoms with Crippen molar-refractivity contribution in [2.75, 3.05) is 23.6 Å². The number of nitrogens with one attached hydrogen (secondary N) is 1. The molecule has 9 heteroatoms. The molecule has 0 atom stereocenters. The third-order valence-corrected chi connectivity index (χ3v) is 8.11. The molecule has 0 spiro atoms. The van der Waals surface area contributed by atoms with E-state index in [1.165, 1.54) is 4.31 Å². The summed E-state index contributed by atoms with van der Waals surface area (Å²) in [6.07, 6.45) is 0.605. The van der Waals surface area contributed by atoms with Crippen LogP contribution in [0.25, 0.3) is 0 Å². The first-order valence-corrected chi connectivity index (χ1v) is 12.6. The van der Waals surface area contributed by atoms with Gasteiger partial charge in [0.2, 0.25) is 10.0 Å². The summed E-state index contributed by atoms with van der Waals surface area (Å²) in [5, 5.41) is 0. The molecule has 1 N–H and O–H groups in total. The normalized spacial score (nSPS) is 15.0. The van der Waals surface area contributed by atoms with Crippen molar-refractivity contribution in [3.63, 3.8) is 0 Å². The van der Waals surface area contributed by atoms with E-state index in [0.717, 1.165) is 16.7 Å². The maximum atomic E-state index is 13.0. The third-order valence-electron chi connectivity index (χ3n) is 4.88. The number of nitrogens with zero attached hydrogens (tertiary/aromatic N) is 1. The van der Waals surface area contributed by atoms with Gasteiger partial charge in [-0.05, 0) is 68.1 Å². The van der Waals surface area contributed by atoms with Gasteiger partial charge in [0.15, 0.2) is 0 Å².